The van der Waals surface area contributed by atoms with Gasteiger partial charge in [0, 0.05) is 6.61 Å². The molecule has 4 nitrogen and oxygen atoms in total. The number of esters is 1. The van der Waals surface area contributed by atoms with Crippen LogP contribution in [0.15, 0.2) is 0 Å². The van der Waals surface area contributed by atoms with E-state index in [9.17, 15) is 4.79 Å². The molecule has 0 amide bonds. The van der Waals surface area contributed by atoms with Gasteiger partial charge in [0.05, 0.1) is 7.11 Å². The number of piperidine rings is 1. The van der Waals surface area contributed by atoms with E-state index >= 15 is 0 Å². The molecule has 0 aromatic heterocycles. The number of carbonyl (C=O) groups is 1. The molecule has 0 spiro atoms. The van der Waals surface area contributed by atoms with E-state index in [-0.39, 0.29) is 18.6 Å². The zero-order valence-electron chi connectivity index (χ0n) is 8.74. The SMILES string of the molecule is COC(=O)C(CCO)N1CCCCC1. The van der Waals surface area contributed by atoms with Crippen LogP contribution < -0.4 is 0 Å². The minimum atomic E-state index is -0.245. The van der Waals surface area contributed by atoms with Crippen LogP contribution in [0, 0.1) is 0 Å². The van der Waals surface area contributed by atoms with E-state index in [2.05, 4.69) is 4.90 Å². The van der Waals surface area contributed by atoms with Crippen LogP contribution in [0.3, 0.4) is 0 Å². The molecule has 1 unspecified atom stereocenters. The average Bonchev–Trinajstić information content (AvgIpc) is 2.26. The topological polar surface area (TPSA) is 49.8 Å². The smallest absolute Gasteiger partial charge is 0.323 e. The summed E-state index contributed by atoms with van der Waals surface area (Å²) < 4.78 is 4.73. The number of methoxy groups -OCH3 is 1. The van der Waals surface area contributed by atoms with Gasteiger partial charge in [-0.15, -0.1) is 0 Å². The highest BCUT2D eigenvalue weighted by molar-refractivity contribution is 5.75. The van der Waals surface area contributed by atoms with Crippen molar-refractivity contribution in [2.45, 2.75) is 31.7 Å². The first kappa shape index (κ1) is 11.5. The standard InChI is InChI=1S/C10H19NO3/c1-14-10(13)9(5-8-12)11-6-3-2-4-7-11/h9,12H,2-8H2,1H3. The second-order valence-corrected chi connectivity index (χ2v) is 3.65. The van der Waals surface area contributed by atoms with Crippen molar-refractivity contribution in [2.75, 3.05) is 26.8 Å². The maximum absolute atomic E-state index is 11.4. The van der Waals surface area contributed by atoms with Crippen LogP contribution in [0.5, 0.6) is 0 Å². The van der Waals surface area contributed by atoms with E-state index in [0.29, 0.717) is 6.42 Å². The number of aliphatic hydroxyl groups excluding tert-OH is 1. The van der Waals surface area contributed by atoms with Crippen LogP contribution in [-0.4, -0.2) is 48.8 Å². The lowest BCUT2D eigenvalue weighted by atomic mass is 10.1. The Morgan fingerprint density at radius 2 is 2.07 bits per heavy atom. The molecular formula is C10H19NO3. The van der Waals surface area contributed by atoms with Crippen LogP contribution in [0.1, 0.15) is 25.7 Å². The first-order valence-corrected chi connectivity index (χ1v) is 5.22. The van der Waals surface area contributed by atoms with Gasteiger partial charge in [0.1, 0.15) is 6.04 Å². The van der Waals surface area contributed by atoms with Crippen LogP contribution >= 0.6 is 0 Å². The van der Waals surface area contributed by atoms with E-state index in [0.717, 1.165) is 25.9 Å². The molecule has 14 heavy (non-hydrogen) atoms. The third-order valence-electron chi connectivity index (χ3n) is 2.71. The zero-order valence-corrected chi connectivity index (χ0v) is 8.74. The molecule has 0 aromatic rings. The second-order valence-electron chi connectivity index (χ2n) is 3.65. The number of hydrogen-bond donors (Lipinski definition) is 1. The fraction of sp³-hybridized carbons (Fsp3) is 0.900. The molecule has 0 aliphatic carbocycles. The number of nitrogens with zero attached hydrogens (tertiary/aromatic N) is 1. The predicted octanol–water partition coefficient (Wildman–Crippen LogP) is 0.396. The lowest BCUT2D eigenvalue weighted by Crippen LogP contribution is -2.45. The number of aliphatic hydroxyl groups is 1. The molecule has 1 heterocycles. The number of likely N-dealkylation sites (tertiary alicyclic amines) is 1. The summed E-state index contributed by atoms with van der Waals surface area (Å²) in [6.07, 6.45) is 3.99. The summed E-state index contributed by atoms with van der Waals surface area (Å²) in [6.45, 7) is 1.93. The number of ether oxygens (including phenoxy) is 1. The molecule has 4 heteroatoms. The fourth-order valence-electron chi connectivity index (χ4n) is 1.94. The Balaban J connectivity index is 2.50. The molecule has 0 bridgehead atoms. The van der Waals surface area contributed by atoms with Gasteiger partial charge in [-0.2, -0.15) is 0 Å². The van der Waals surface area contributed by atoms with Crippen molar-refractivity contribution in [2.24, 2.45) is 0 Å². The van der Waals surface area contributed by atoms with Gasteiger partial charge in [-0.3, -0.25) is 9.69 Å². The minimum absolute atomic E-state index is 0.0380. The molecule has 0 radical (unpaired) electrons. The van der Waals surface area contributed by atoms with Gasteiger partial charge in [0.15, 0.2) is 0 Å². The highest BCUT2D eigenvalue weighted by atomic mass is 16.5. The normalized spacial score (nSPS) is 20.4. The third-order valence-corrected chi connectivity index (χ3v) is 2.71. The summed E-state index contributed by atoms with van der Waals surface area (Å²) in [5, 5.41) is 8.88. The third kappa shape index (κ3) is 2.96. The molecule has 1 fully saturated rings. The van der Waals surface area contributed by atoms with E-state index in [1.54, 1.807) is 0 Å². The van der Waals surface area contributed by atoms with Crippen molar-refractivity contribution in [1.29, 1.82) is 0 Å². The monoisotopic (exact) mass is 201 g/mol. The summed E-state index contributed by atoms with van der Waals surface area (Å²) in [7, 11) is 1.40. The summed E-state index contributed by atoms with van der Waals surface area (Å²) in [6, 6.07) is -0.245. The molecule has 0 saturated carbocycles. The van der Waals surface area contributed by atoms with Gasteiger partial charge in [-0.05, 0) is 32.4 Å². The Labute approximate surface area is 84.8 Å². The Kier molecular flexibility index (Phi) is 4.90. The molecule has 1 atom stereocenters. The average molecular weight is 201 g/mol. The van der Waals surface area contributed by atoms with Gasteiger partial charge < -0.3 is 9.84 Å². The number of hydrogen-bond acceptors (Lipinski definition) is 4. The van der Waals surface area contributed by atoms with Crippen LogP contribution in [0.2, 0.25) is 0 Å². The molecule has 1 aliphatic rings. The molecule has 1 saturated heterocycles. The van der Waals surface area contributed by atoms with Crippen molar-refractivity contribution in [1.82, 2.24) is 4.90 Å². The summed E-state index contributed by atoms with van der Waals surface area (Å²) in [4.78, 5) is 13.5. The van der Waals surface area contributed by atoms with Gasteiger partial charge in [0.25, 0.3) is 0 Å². The van der Waals surface area contributed by atoms with Crippen LogP contribution in [0.25, 0.3) is 0 Å². The minimum Gasteiger partial charge on any atom is -0.468 e. The van der Waals surface area contributed by atoms with Crippen molar-refractivity contribution in [3.05, 3.63) is 0 Å². The van der Waals surface area contributed by atoms with Gasteiger partial charge in [0.2, 0.25) is 0 Å². The first-order valence-electron chi connectivity index (χ1n) is 5.22. The van der Waals surface area contributed by atoms with Crippen LogP contribution in [0.4, 0.5) is 0 Å². The molecule has 1 N–H and O–H groups in total. The Bertz CT molecular complexity index is 178. The fourth-order valence-corrected chi connectivity index (χ4v) is 1.94. The van der Waals surface area contributed by atoms with E-state index < -0.39 is 0 Å². The lowest BCUT2D eigenvalue weighted by Gasteiger charge is -2.32. The highest BCUT2D eigenvalue weighted by Crippen LogP contribution is 2.14. The summed E-state index contributed by atoms with van der Waals surface area (Å²) in [5.74, 6) is -0.221. The Hall–Kier alpha value is -0.610. The number of carbonyl (C=O) groups excluding carboxylic acids is 1. The zero-order chi connectivity index (χ0) is 10.4. The largest absolute Gasteiger partial charge is 0.468 e. The number of rotatable bonds is 4. The highest BCUT2D eigenvalue weighted by Gasteiger charge is 2.26. The van der Waals surface area contributed by atoms with Crippen molar-refractivity contribution < 1.29 is 14.6 Å². The maximum Gasteiger partial charge on any atom is 0.323 e. The molecule has 82 valence electrons. The quantitative estimate of drug-likeness (QED) is 0.669. The van der Waals surface area contributed by atoms with E-state index in [1.165, 1.54) is 13.5 Å². The molecule has 0 aromatic carbocycles. The molecular weight excluding hydrogens is 182 g/mol. The summed E-state index contributed by atoms with van der Waals surface area (Å²) in [5.41, 5.74) is 0. The van der Waals surface area contributed by atoms with Crippen LogP contribution in [-0.2, 0) is 9.53 Å². The first-order chi connectivity index (χ1) is 6.79. The Morgan fingerprint density at radius 3 is 2.57 bits per heavy atom. The van der Waals surface area contributed by atoms with Crippen molar-refractivity contribution in [3.63, 3.8) is 0 Å². The van der Waals surface area contributed by atoms with Gasteiger partial charge >= 0.3 is 5.97 Å². The van der Waals surface area contributed by atoms with E-state index in [1.807, 2.05) is 0 Å². The van der Waals surface area contributed by atoms with Gasteiger partial charge in [-0.1, -0.05) is 6.42 Å². The molecule has 1 aliphatic heterocycles. The van der Waals surface area contributed by atoms with Gasteiger partial charge in [-0.25, -0.2) is 0 Å². The lowest BCUT2D eigenvalue weighted by molar-refractivity contribution is -0.148. The maximum atomic E-state index is 11.4. The van der Waals surface area contributed by atoms with Crippen molar-refractivity contribution in [3.8, 4) is 0 Å². The summed E-state index contributed by atoms with van der Waals surface area (Å²) >= 11 is 0. The van der Waals surface area contributed by atoms with E-state index in [4.69, 9.17) is 9.84 Å². The second kappa shape index (κ2) is 5.98. The predicted molar refractivity (Wildman–Crippen MR) is 52.9 cm³/mol. The molecule has 1 rings (SSSR count). The Morgan fingerprint density at radius 1 is 1.43 bits per heavy atom. The van der Waals surface area contributed by atoms with Crippen molar-refractivity contribution >= 4 is 5.97 Å².